The highest BCUT2D eigenvalue weighted by molar-refractivity contribution is 9.11. The molecule has 0 heterocycles. The Morgan fingerprint density at radius 2 is 1.69 bits per heavy atom. The number of ether oxygens (including phenoxy) is 1. The molecule has 0 aliphatic rings. The van der Waals surface area contributed by atoms with Crippen LogP contribution in [0.4, 0.5) is 21.9 Å². The molecule has 0 aromatic heterocycles. The third kappa shape index (κ3) is 7.58. The van der Waals surface area contributed by atoms with Gasteiger partial charge in [-0.2, -0.15) is 0 Å². The third-order valence-electron chi connectivity index (χ3n) is 4.94. The van der Waals surface area contributed by atoms with Crippen molar-refractivity contribution in [2.75, 3.05) is 16.4 Å². The van der Waals surface area contributed by atoms with Gasteiger partial charge >= 0.3 is 6.09 Å². The number of para-hydroxylation sites is 2. The highest BCUT2D eigenvalue weighted by Gasteiger charge is 2.27. The maximum Gasteiger partial charge on any atom is 0.412 e. The van der Waals surface area contributed by atoms with E-state index in [9.17, 15) is 14.7 Å². The van der Waals surface area contributed by atoms with Crippen molar-refractivity contribution in [3.63, 3.8) is 0 Å². The molecule has 5 N–H and O–H groups in total. The Bertz CT molecular complexity index is 1250. The van der Waals surface area contributed by atoms with Crippen molar-refractivity contribution in [1.82, 2.24) is 0 Å². The van der Waals surface area contributed by atoms with Gasteiger partial charge in [0.1, 0.15) is 11.9 Å². The molecule has 0 unspecified atom stereocenters. The monoisotopic (exact) mass is 665 g/mol. The Hall–Kier alpha value is -2.82. The predicted octanol–water partition coefficient (Wildman–Crippen LogP) is 7.38. The zero-order chi connectivity index (χ0) is 25.5. The molecule has 0 bridgehead atoms. The minimum Gasteiger partial charge on any atom is -0.506 e. The van der Waals surface area contributed by atoms with Crippen molar-refractivity contribution in [1.29, 1.82) is 0 Å². The second-order valence-electron chi connectivity index (χ2n) is 7.58. The average Bonchev–Trinajstić information content (AvgIpc) is 2.81. The number of aromatic hydroxyl groups is 1. The van der Waals surface area contributed by atoms with Gasteiger partial charge in [0.15, 0.2) is 0 Å². The van der Waals surface area contributed by atoms with Crippen LogP contribution in [0, 0.1) is 5.92 Å². The van der Waals surface area contributed by atoms with E-state index in [1.165, 1.54) is 6.08 Å². The molecular formula is C25H22Br3N3O4. The van der Waals surface area contributed by atoms with Gasteiger partial charge in [-0.1, -0.05) is 57.0 Å². The summed E-state index contributed by atoms with van der Waals surface area (Å²) in [5.41, 5.74) is 7.71. The maximum atomic E-state index is 12.7. The van der Waals surface area contributed by atoms with Crippen molar-refractivity contribution in [3.05, 3.63) is 91.8 Å². The first kappa shape index (κ1) is 26.8. The van der Waals surface area contributed by atoms with Crippen LogP contribution >= 0.6 is 47.8 Å². The number of nitrogen functional groups attached to an aromatic ring is 1. The van der Waals surface area contributed by atoms with Crippen molar-refractivity contribution < 1.29 is 19.4 Å². The Morgan fingerprint density at radius 3 is 2.37 bits per heavy atom. The molecule has 0 saturated carbocycles. The van der Waals surface area contributed by atoms with Crippen molar-refractivity contribution in [2.45, 2.75) is 13.0 Å². The molecule has 0 saturated heterocycles. The Balaban J connectivity index is 1.82. The zero-order valence-electron chi connectivity index (χ0n) is 18.5. The van der Waals surface area contributed by atoms with E-state index in [1.54, 1.807) is 73.7 Å². The van der Waals surface area contributed by atoms with Gasteiger partial charge in [-0.15, -0.1) is 0 Å². The summed E-state index contributed by atoms with van der Waals surface area (Å²) in [5, 5.41) is 16.1. The van der Waals surface area contributed by atoms with Gasteiger partial charge in [-0.05, 0) is 70.5 Å². The highest BCUT2D eigenvalue weighted by atomic mass is 79.9. The minimum absolute atomic E-state index is 0.0728. The van der Waals surface area contributed by atoms with Crippen LogP contribution < -0.4 is 16.4 Å². The normalized spacial score (nSPS) is 12.7. The number of phenolic OH excluding ortho intramolecular Hbond substituents is 1. The van der Waals surface area contributed by atoms with E-state index in [4.69, 9.17) is 10.5 Å². The fourth-order valence-corrected chi connectivity index (χ4v) is 4.70. The number of anilines is 3. The summed E-state index contributed by atoms with van der Waals surface area (Å²) in [5.74, 6) is -0.958. The van der Waals surface area contributed by atoms with E-state index in [-0.39, 0.29) is 5.75 Å². The SMILES string of the molecule is C[C@H](/C=C/C(=O)Nc1ccccc1N)[C@@H](OC(=O)Nc1ccc(Br)cc1)c1cc(Br)cc(Br)c1O. The highest BCUT2D eigenvalue weighted by Crippen LogP contribution is 2.40. The van der Waals surface area contributed by atoms with E-state index < -0.39 is 24.0 Å². The van der Waals surface area contributed by atoms with Gasteiger partial charge in [0.25, 0.3) is 0 Å². The number of nitrogens with one attached hydrogen (secondary N) is 2. The van der Waals surface area contributed by atoms with Crippen LogP contribution in [-0.2, 0) is 9.53 Å². The Morgan fingerprint density at radius 1 is 1.00 bits per heavy atom. The molecule has 0 fully saturated rings. The number of carbonyl (C=O) groups excluding carboxylic acids is 2. The van der Waals surface area contributed by atoms with Crippen LogP contribution in [0.15, 0.2) is 86.2 Å². The summed E-state index contributed by atoms with van der Waals surface area (Å²) in [6.07, 6.45) is 1.31. The standard InChI is InChI=1S/C25H22Br3N3O4/c1-14(6-11-22(32)31-21-5-3-2-4-20(21)29)24(18-12-16(27)13-19(28)23(18)33)35-25(34)30-17-9-7-15(26)8-10-17/h2-14,24,33H,29H2,1H3,(H,30,34)(H,31,32)/b11-6+/t14-,24-/m1/s1. The number of phenols is 1. The summed E-state index contributed by atoms with van der Waals surface area (Å²) < 4.78 is 7.70. The molecule has 3 rings (SSSR count). The largest absolute Gasteiger partial charge is 0.506 e. The maximum absolute atomic E-state index is 12.7. The molecule has 35 heavy (non-hydrogen) atoms. The number of rotatable bonds is 7. The lowest BCUT2D eigenvalue weighted by Crippen LogP contribution is -2.21. The van der Waals surface area contributed by atoms with E-state index >= 15 is 0 Å². The summed E-state index contributed by atoms with van der Waals surface area (Å²) >= 11 is 10.1. The molecule has 3 aromatic carbocycles. The average molecular weight is 668 g/mol. The number of nitrogens with two attached hydrogens (primary N) is 1. The van der Waals surface area contributed by atoms with Crippen LogP contribution in [0.5, 0.6) is 5.75 Å². The fourth-order valence-electron chi connectivity index (χ4n) is 3.18. The van der Waals surface area contributed by atoms with Gasteiger partial charge in [0, 0.05) is 26.1 Å². The molecule has 0 aliphatic heterocycles. The molecule has 2 atom stereocenters. The third-order valence-corrected chi connectivity index (χ3v) is 6.53. The van der Waals surface area contributed by atoms with Gasteiger partial charge in [-0.25, -0.2) is 4.79 Å². The lowest BCUT2D eigenvalue weighted by molar-refractivity contribution is -0.111. The minimum atomic E-state index is -0.912. The van der Waals surface area contributed by atoms with Gasteiger partial charge < -0.3 is 20.9 Å². The number of carbonyl (C=O) groups is 2. The topological polar surface area (TPSA) is 114 Å². The molecule has 182 valence electrons. The van der Waals surface area contributed by atoms with Crippen molar-refractivity contribution >= 4 is 76.9 Å². The lowest BCUT2D eigenvalue weighted by Gasteiger charge is -2.24. The Kier molecular flexibility index (Phi) is 9.36. The number of halogens is 3. The van der Waals surface area contributed by atoms with E-state index in [2.05, 4.69) is 58.4 Å². The summed E-state index contributed by atoms with van der Waals surface area (Å²) in [7, 11) is 0. The zero-order valence-corrected chi connectivity index (χ0v) is 23.2. The molecule has 10 heteroatoms. The van der Waals surface area contributed by atoms with Crippen molar-refractivity contribution in [3.8, 4) is 5.75 Å². The van der Waals surface area contributed by atoms with Crippen LogP contribution in [0.1, 0.15) is 18.6 Å². The number of benzene rings is 3. The quantitative estimate of drug-likeness (QED) is 0.155. The summed E-state index contributed by atoms with van der Waals surface area (Å²) in [6, 6.07) is 17.3. The first-order valence-corrected chi connectivity index (χ1v) is 12.8. The predicted molar refractivity (Wildman–Crippen MR) is 148 cm³/mol. The molecule has 0 spiro atoms. The van der Waals surface area contributed by atoms with Crippen LogP contribution in [-0.4, -0.2) is 17.1 Å². The van der Waals surface area contributed by atoms with Gasteiger partial charge in [0.2, 0.25) is 5.91 Å². The lowest BCUT2D eigenvalue weighted by atomic mass is 9.96. The second kappa shape index (κ2) is 12.2. The van der Waals surface area contributed by atoms with E-state index in [0.29, 0.717) is 31.6 Å². The van der Waals surface area contributed by atoms with E-state index in [1.807, 2.05) is 0 Å². The van der Waals surface area contributed by atoms with Crippen LogP contribution in [0.25, 0.3) is 0 Å². The van der Waals surface area contributed by atoms with Crippen LogP contribution in [0.3, 0.4) is 0 Å². The summed E-state index contributed by atoms with van der Waals surface area (Å²) in [6.45, 7) is 1.77. The molecule has 3 aromatic rings. The second-order valence-corrected chi connectivity index (χ2v) is 10.3. The van der Waals surface area contributed by atoms with Gasteiger partial charge in [0.05, 0.1) is 15.8 Å². The fraction of sp³-hybridized carbons (Fsp3) is 0.120. The van der Waals surface area contributed by atoms with Crippen LogP contribution in [0.2, 0.25) is 0 Å². The van der Waals surface area contributed by atoms with Crippen molar-refractivity contribution in [2.24, 2.45) is 5.92 Å². The number of hydrogen-bond acceptors (Lipinski definition) is 5. The molecule has 2 amide bonds. The first-order chi connectivity index (χ1) is 16.6. The first-order valence-electron chi connectivity index (χ1n) is 10.4. The molecule has 0 radical (unpaired) electrons. The molecule has 0 aliphatic carbocycles. The smallest absolute Gasteiger partial charge is 0.412 e. The molecule has 7 nitrogen and oxygen atoms in total. The molecular weight excluding hydrogens is 646 g/mol. The Labute approximate surface area is 228 Å². The number of hydrogen-bond donors (Lipinski definition) is 4. The van der Waals surface area contributed by atoms with Gasteiger partial charge in [-0.3, -0.25) is 10.1 Å². The number of amides is 2. The summed E-state index contributed by atoms with van der Waals surface area (Å²) in [4.78, 5) is 25.2. The van der Waals surface area contributed by atoms with E-state index in [0.717, 1.165) is 4.47 Å².